The predicted molar refractivity (Wildman–Crippen MR) is 92.1 cm³/mol. The van der Waals surface area contributed by atoms with Crippen LogP contribution >= 0.6 is 7.60 Å². The van der Waals surface area contributed by atoms with Crippen molar-refractivity contribution >= 4 is 7.60 Å². The molecule has 0 radical (unpaired) electrons. The van der Waals surface area contributed by atoms with Crippen molar-refractivity contribution in [3.05, 3.63) is 0 Å². The fraction of sp³-hybridized carbons (Fsp3) is 1.00. The van der Waals surface area contributed by atoms with Crippen molar-refractivity contribution in [2.75, 3.05) is 73.2 Å². The molecule has 152 valence electrons. The van der Waals surface area contributed by atoms with Gasteiger partial charge in [0.05, 0.1) is 71.7 Å². The van der Waals surface area contributed by atoms with Crippen molar-refractivity contribution in [1.82, 2.24) is 0 Å². The lowest BCUT2D eigenvalue weighted by molar-refractivity contribution is -0.0266. The second-order valence-electron chi connectivity index (χ2n) is 5.51. The van der Waals surface area contributed by atoms with Gasteiger partial charge in [-0.25, -0.2) is 0 Å². The Morgan fingerprint density at radius 1 is 0.800 bits per heavy atom. The summed E-state index contributed by atoms with van der Waals surface area (Å²) in [6.45, 7) is 6.65. The van der Waals surface area contributed by atoms with Crippen LogP contribution in [-0.4, -0.2) is 94.9 Å². The monoisotopic (exact) mass is 388 g/mol. The average Bonchev–Trinajstić information content (AvgIpc) is 2.57. The van der Waals surface area contributed by atoms with Crippen LogP contribution in [-0.2, 0) is 32.8 Å². The quantitative estimate of drug-likeness (QED) is 0.258. The third-order valence-electron chi connectivity index (χ3n) is 2.96. The van der Waals surface area contributed by atoms with Crippen molar-refractivity contribution in [2.24, 2.45) is 0 Å². The van der Waals surface area contributed by atoms with E-state index in [4.69, 9.17) is 28.2 Å². The first kappa shape index (κ1) is 24.9. The van der Waals surface area contributed by atoms with Crippen LogP contribution in [0.4, 0.5) is 0 Å². The number of hydrogen-bond donors (Lipinski definition) is 2. The van der Waals surface area contributed by atoms with Gasteiger partial charge < -0.3 is 38.2 Å². The van der Waals surface area contributed by atoms with E-state index in [2.05, 4.69) is 0 Å². The van der Waals surface area contributed by atoms with E-state index in [0.717, 1.165) is 0 Å². The van der Waals surface area contributed by atoms with Crippen molar-refractivity contribution in [1.29, 1.82) is 0 Å². The number of rotatable bonds is 18. The third kappa shape index (κ3) is 15.9. The van der Waals surface area contributed by atoms with E-state index < -0.39 is 19.4 Å². The molecule has 2 atom stereocenters. The molecule has 0 aromatic heterocycles. The number of ether oxygens (including phenoxy) is 5. The maximum absolute atomic E-state index is 11.5. The SMILES string of the molecule is COCCOCCOCCOCCOCC(O)COP(=O)(O)C(C)C. The van der Waals surface area contributed by atoms with E-state index in [0.29, 0.717) is 52.9 Å². The van der Waals surface area contributed by atoms with E-state index in [-0.39, 0.29) is 13.2 Å². The van der Waals surface area contributed by atoms with Gasteiger partial charge in [0.25, 0.3) is 0 Å². The topological polar surface area (TPSA) is 113 Å². The largest absolute Gasteiger partial charge is 0.388 e. The summed E-state index contributed by atoms with van der Waals surface area (Å²) in [4.78, 5) is 9.46. The molecule has 9 nitrogen and oxygen atoms in total. The molecule has 2 N–H and O–H groups in total. The predicted octanol–water partition coefficient (Wildman–Crippen LogP) is 0.671. The fourth-order valence-corrected chi connectivity index (χ4v) is 2.10. The molecular formula is C15H33O9P. The molecule has 0 aromatic rings. The molecule has 0 fully saturated rings. The number of hydrogen-bond acceptors (Lipinski definition) is 8. The lowest BCUT2D eigenvalue weighted by Crippen LogP contribution is -2.23. The minimum atomic E-state index is -3.66. The molecule has 0 spiro atoms. The first-order chi connectivity index (χ1) is 11.9. The Balaban J connectivity index is 3.31. The van der Waals surface area contributed by atoms with Gasteiger partial charge in [-0.2, -0.15) is 0 Å². The molecular weight excluding hydrogens is 355 g/mol. The summed E-state index contributed by atoms with van der Waals surface area (Å²) < 4.78 is 42.3. The Morgan fingerprint density at radius 2 is 1.24 bits per heavy atom. The molecule has 10 heteroatoms. The molecule has 0 aliphatic rings. The van der Waals surface area contributed by atoms with Gasteiger partial charge >= 0.3 is 7.60 Å². The lowest BCUT2D eigenvalue weighted by atomic mass is 10.4. The second kappa shape index (κ2) is 16.1. The standard InChI is InChI=1S/C15H33O9P/c1-14(2)25(17,18)24-13-15(16)12-23-11-10-22-9-8-21-7-6-20-5-4-19-3/h14-16H,4-13H2,1-3H3,(H,17,18). The molecule has 2 unspecified atom stereocenters. The van der Waals surface area contributed by atoms with Gasteiger partial charge in [0, 0.05) is 7.11 Å². The molecule has 0 rings (SSSR count). The van der Waals surface area contributed by atoms with Gasteiger partial charge in [-0.1, -0.05) is 13.8 Å². The van der Waals surface area contributed by atoms with E-state index in [1.54, 1.807) is 21.0 Å². The van der Waals surface area contributed by atoms with E-state index in [1.807, 2.05) is 0 Å². The first-order valence-electron chi connectivity index (χ1n) is 8.35. The highest BCUT2D eigenvalue weighted by molar-refractivity contribution is 7.53. The van der Waals surface area contributed by atoms with E-state index in [1.165, 1.54) is 0 Å². The zero-order valence-electron chi connectivity index (χ0n) is 15.4. The molecule has 0 saturated carbocycles. The smallest absolute Gasteiger partial charge is 0.330 e. The summed E-state index contributed by atoms with van der Waals surface area (Å²) >= 11 is 0. The number of aliphatic hydroxyl groups is 1. The minimum absolute atomic E-state index is 0.0107. The van der Waals surface area contributed by atoms with Crippen LogP contribution in [0.5, 0.6) is 0 Å². The van der Waals surface area contributed by atoms with Gasteiger partial charge in [0.1, 0.15) is 6.10 Å². The molecule has 0 amide bonds. The van der Waals surface area contributed by atoms with Crippen LogP contribution in [0.3, 0.4) is 0 Å². The summed E-state index contributed by atoms with van der Waals surface area (Å²) in [6, 6.07) is 0. The Morgan fingerprint density at radius 3 is 1.68 bits per heavy atom. The molecule has 0 aliphatic heterocycles. The Kier molecular flexibility index (Phi) is 16.1. The zero-order valence-corrected chi connectivity index (χ0v) is 16.3. The van der Waals surface area contributed by atoms with Crippen LogP contribution < -0.4 is 0 Å². The highest BCUT2D eigenvalue weighted by Crippen LogP contribution is 2.46. The summed E-state index contributed by atoms with van der Waals surface area (Å²) in [6.07, 6.45) is -0.958. The molecule has 0 saturated heterocycles. The van der Waals surface area contributed by atoms with Crippen LogP contribution in [0.2, 0.25) is 0 Å². The third-order valence-corrected chi connectivity index (χ3v) is 4.79. The normalized spacial score (nSPS) is 15.4. The maximum atomic E-state index is 11.5. The van der Waals surface area contributed by atoms with Crippen molar-refractivity contribution in [2.45, 2.75) is 25.6 Å². The maximum Gasteiger partial charge on any atom is 0.330 e. The highest BCUT2D eigenvalue weighted by atomic mass is 31.2. The fourth-order valence-electron chi connectivity index (χ4n) is 1.41. The Labute approximate surface area is 150 Å². The van der Waals surface area contributed by atoms with Crippen LogP contribution in [0.25, 0.3) is 0 Å². The highest BCUT2D eigenvalue weighted by Gasteiger charge is 2.25. The van der Waals surface area contributed by atoms with Gasteiger partial charge in [-0.3, -0.25) is 4.57 Å². The number of methoxy groups -OCH3 is 1. The van der Waals surface area contributed by atoms with E-state index in [9.17, 15) is 14.6 Å². The van der Waals surface area contributed by atoms with Crippen molar-refractivity contribution in [3.63, 3.8) is 0 Å². The average molecular weight is 388 g/mol. The molecule has 0 aromatic carbocycles. The van der Waals surface area contributed by atoms with Gasteiger partial charge in [-0.05, 0) is 0 Å². The Hall–Kier alpha value is -0.0900. The van der Waals surface area contributed by atoms with Crippen molar-refractivity contribution < 1.29 is 42.8 Å². The van der Waals surface area contributed by atoms with Crippen LogP contribution in [0.1, 0.15) is 13.8 Å². The molecule has 0 aliphatic carbocycles. The molecule has 0 bridgehead atoms. The van der Waals surface area contributed by atoms with Crippen LogP contribution in [0.15, 0.2) is 0 Å². The first-order valence-corrected chi connectivity index (χ1v) is 9.99. The minimum Gasteiger partial charge on any atom is -0.388 e. The van der Waals surface area contributed by atoms with Gasteiger partial charge in [-0.15, -0.1) is 0 Å². The summed E-state index contributed by atoms with van der Waals surface area (Å²) in [5, 5.41) is 9.61. The molecule has 0 heterocycles. The summed E-state index contributed by atoms with van der Waals surface area (Å²) in [7, 11) is -2.04. The Bertz CT molecular complexity index is 341. The second-order valence-corrected chi connectivity index (χ2v) is 7.93. The van der Waals surface area contributed by atoms with E-state index >= 15 is 0 Å². The van der Waals surface area contributed by atoms with Crippen LogP contribution in [0, 0.1) is 0 Å². The van der Waals surface area contributed by atoms with Gasteiger partial charge in [0.15, 0.2) is 0 Å². The molecule has 25 heavy (non-hydrogen) atoms. The van der Waals surface area contributed by atoms with Crippen molar-refractivity contribution in [3.8, 4) is 0 Å². The lowest BCUT2D eigenvalue weighted by Gasteiger charge is -2.18. The van der Waals surface area contributed by atoms with Gasteiger partial charge in [0.2, 0.25) is 0 Å². The summed E-state index contributed by atoms with van der Waals surface area (Å²) in [5.74, 6) is 0. The summed E-state index contributed by atoms with van der Waals surface area (Å²) in [5.41, 5.74) is -0.506. The number of aliphatic hydroxyl groups excluding tert-OH is 1. The zero-order chi connectivity index (χ0) is 19.0.